The molecule has 25 heavy (non-hydrogen) atoms. The van der Waals surface area contributed by atoms with Crippen LogP contribution < -0.4 is 10.6 Å². The highest BCUT2D eigenvalue weighted by Crippen LogP contribution is 2.22. The van der Waals surface area contributed by atoms with Crippen molar-refractivity contribution in [3.05, 3.63) is 28.5 Å². The molecule has 3 rings (SSSR count). The van der Waals surface area contributed by atoms with E-state index < -0.39 is 0 Å². The maximum absolute atomic E-state index is 11.1. The van der Waals surface area contributed by atoms with Crippen LogP contribution in [0.2, 0.25) is 0 Å². The molecule has 2 aromatic rings. The molecule has 2 N–H and O–H groups in total. The summed E-state index contributed by atoms with van der Waals surface area (Å²) in [6.07, 6.45) is 5.29. The van der Waals surface area contributed by atoms with Crippen molar-refractivity contribution < 1.29 is 9.59 Å². The summed E-state index contributed by atoms with van der Waals surface area (Å²) in [5.74, 6) is 0.0807. The summed E-state index contributed by atoms with van der Waals surface area (Å²) >= 11 is 1.49. The van der Waals surface area contributed by atoms with Gasteiger partial charge in [-0.25, -0.2) is 15.0 Å². The molecular weight excluding hydrogens is 340 g/mol. The molecule has 2 aromatic heterocycles. The number of nitrogens with zero attached hydrogens (tertiary/aromatic N) is 4. The van der Waals surface area contributed by atoms with Crippen molar-refractivity contribution in [2.45, 2.75) is 33.2 Å². The monoisotopic (exact) mass is 360 g/mol. The third kappa shape index (κ3) is 4.80. The zero-order chi connectivity index (χ0) is 17.8. The summed E-state index contributed by atoms with van der Waals surface area (Å²) in [4.78, 5) is 38.6. The Morgan fingerprint density at radius 3 is 2.64 bits per heavy atom. The first kappa shape index (κ1) is 17.4. The molecule has 0 atom stereocenters. The van der Waals surface area contributed by atoms with Crippen LogP contribution in [0.5, 0.6) is 0 Å². The van der Waals surface area contributed by atoms with E-state index in [1.165, 1.54) is 25.2 Å². The fourth-order valence-corrected chi connectivity index (χ4v) is 3.61. The molecule has 1 aliphatic rings. The van der Waals surface area contributed by atoms with Gasteiger partial charge in [-0.05, 0) is 12.0 Å². The lowest BCUT2D eigenvalue weighted by atomic mass is 10.1. The Labute approximate surface area is 149 Å². The van der Waals surface area contributed by atoms with Crippen molar-refractivity contribution in [1.82, 2.24) is 19.9 Å². The van der Waals surface area contributed by atoms with E-state index in [4.69, 9.17) is 0 Å². The van der Waals surface area contributed by atoms with Crippen LogP contribution in [0.4, 0.5) is 11.1 Å². The van der Waals surface area contributed by atoms with E-state index in [0.717, 1.165) is 48.6 Å². The number of carbonyl (C=O) groups excluding carboxylic acids is 2. The van der Waals surface area contributed by atoms with Crippen LogP contribution in [0, 0.1) is 0 Å². The summed E-state index contributed by atoms with van der Waals surface area (Å²) in [5.41, 5.74) is 2.12. The number of hydrogen-bond acceptors (Lipinski definition) is 7. The van der Waals surface area contributed by atoms with Crippen molar-refractivity contribution >= 4 is 34.2 Å². The molecule has 0 saturated heterocycles. The van der Waals surface area contributed by atoms with Gasteiger partial charge in [0.1, 0.15) is 0 Å². The summed E-state index contributed by atoms with van der Waals surface area (Å²) < 4.78 is 0. The van der Waals surface area contributed by atoms with E-state index in [-0.39, 0.29) is 11.8 Å². The molecule has 0 spiro atoms. The fraction of sp³-hybridized carbons (Fsp3) is 0.438. The second kappa shape index (κ2) is 7.66. The zero-order valence-electron chi connectivity index (χ0n) is 14.2. The van der Waals surface area contributed by atoms with Gasteiger partial charge in [0.05, 0.1) is 5.69 Å². The number of rotatable bonds is 4. The topological polar surface area (TPSA) is 100 Å². The van der Waals surface area contributed by atoms with Gasteiger partial charge in [0.15, 0.2) is 5.13 Å². The maximum Gasteiger partial charge on any atom is 0.229 e. The molecule has 0 aliphatic carbocycles. The third-order valence-electron chi connectivity index (χ3n) is 3.82. The average Bonchev–Trinajstić information content (AvgIpc) is 2.86. The Kier molecular flexibility index (Phi) is 5.34. The van der Waals surface area contributed by atoms with Gasteiger partial charge in [-0.15, -0.1) is 11.3 Å². The van der Waals surface area contributed by atoms with E-state index in [1.54, 1.807) is 6.20 Å². The van der Waals surface area contributed by atoms with Crippen molar-refractivity contribution in [3.8, 4) is 0 Å². The highest BCUT2D eigenvalue weighted by Gasteiger charge is 2.17. The van der Waals surface area contributed by atoms with Crippen LogP contribution in [-0.2, 0) is 29.0 Å². The number of fused-ring (bicyclic) bond motifs is 1. The first-order chi connectivity index (χ1) is 12.0. The predicted molar refractivity (Wildman–Crippen MR) is 95.4 cm³/mol. The van der Waals surface area contributed by atoms with E-state index in [9.17, 15) is 9.59 Å². The Balaban J connectivity index is 1.62. The van der Waals surface area contributed by atoms with E-state index in [1.807, 2.05) is 6.20 Å². The minimum atomic E-state index is -0.171. The average molecular weight is 360 g/mol. The maximum atomic E-state index is 11.1. The van der Waals surface area contributed by atoms with Crippen LogP contribution >= 0.6 is 11.3 Å². The molecule has 0 saturated carbocycles. The fourth-order valence-electron chi connectivity index (χ4n) is 2.71. The lowest BCUT2D eigenvalue weighted by Crippen LogP contribution is -2.25. The molecule has 8 nitrogen and oxygen atoms in total. The van der Waals surface area contributed by atoms with Crippen molar-refractivity contribution in [3.63, 3.8) is 0 Å². The Hall–Kier alpha value is -2.39. The molecule has 1 aliphatic heterocycles. The van der Waals surface area contributed by atoms with Crippen LogP contribution in [0.25, 0.3) is 0 Å². The van der Waals surface area contributed by atoms with Crippen LogP contribution in [0.3, 0.4) is 0 Å². The minimum Gasteiger partial charge on any atom is -0.302 e. The van der Waals surface area contributed by atoms with Crippen LogP contribution in [0.1, 0.15) is 30.0 Å². The van der Waals surface area contributed by atoms with E-state index in [2.05, 4.69) is 30.5 Å². The van der Waals surface area contributed by atoms with Crippen molar-refractivity contribution in [1.29, 1.82) is 0 Å². The van der Waals surface area contributed by atoms with E-state index >= 15 is 0 Å². The molecule has 0 radical (unpaired) electrons. The van der Waals surface area contributed by atoms with Gasteiger partial charge in [-0.3, -0.25) is 19.8 Å². The molecule has 2 amide bonds. The first-order valence-electron chi connectivity index (χ1n) is 8.06. The highest BCUT2D eigenvalue weighted by molar-refractivity contribution is 7.15. The number of hydrogen-bond donors (Lipinski definition) is 2. The summed E-state index contributed by atoms with van der Waals surface area (Å²) in [5, 5.41) is 5.97. The highest BCUT2D eigenvalue weighted by atomic mass is 32.1. The third-order valence-corrected chi connectivity index (χ3v) is 4.72. The Morgan fingerprint density at radius 1 is 1.12 bits per heavy atom. The number of nitrogens with one attached hydrogen (secondary N) is 2. The quantitative estimate of drug-likeness (QED) is 0.856. The second-order valence-corrected chi connectivity index (χ2v) is 7.05. The Morgan fingerprint density at radius 2 is 1.88 bits per heavy atom. The van der Waals surface area contributed by atoms with Gasteiger partial charge < -0.3 is 5.32 Å². The molecule has 0 unspecified atom stereocenters. The first-order valence-corrected chi connectivity index (χ1v) is 8.88. The predicted octanol–water partition coefficient (Wildman–Crippen LogP) is 1.45. The number of carbonyl (C=O) groups is 2. The second-order valence-electron chi connectivity index (χ2n) is 5.94. The Bertz CT molecular complexity index is 791. The lowest BCUT2D eigenvalue weighted by molar-refractivity contribution is -0.115. The summed E-state index contributed by atoms with van der Waals surface area (Å²) in [6, 6.07) is 0. The van der Waals surface area contributed by atoms with Crippen molar-refractivity contribution in [2.75, 3.05) is 23.7 Å². The summed E-state index contributed by atoms with van der Waals surface area (Å²) in [6.45, 7) is 5.49. The van der Waals surface area contributed by atoms with Crippen molar-refractivity contribution in [2.24, 2.45) is 0 Å². The van der Waals surface area contributed by atoms with Gasteiger partial charge in [0.2, 0.25) is 17.8 Å². The molecule has 0 aromatic carbocycles. The van der Waals surface area contributed by atoms with Gasteiger partial charge in [0, 0.05) is 57.2 Å². The number of amides is 2. The molecule has 132 valence electrons. The van der Waals surface area contributed by atoms with Crippen LogP contribution in [-0.4, -0.2) is 44.8 Å². The minimum absolute atomic E-state index is 0.111. The van der Waals surface area contributed by atoms with Gasteiger partial charge in [-0.1, -0.05) is 0 Å². The number of anilines is 2. The molecule has 0 fully saturated rings. The number of aromatic nitrogens is 3. The largest absolute Gasteiger partial charge is 0.302 e. The molecule has 9 heteroatoms. The molecule has 0 bridgehead atoms. The standard InChI is InChI=1S/C16H20N6O2S/c1-10(23)19-15-17-7-12-3-5-22(6-4-14(12)21-15)9-13-8-18-16(25-13)20-11(2)24/h7-8H,3-6,9H2,1-2H3,(H,18,20,24)(H,17,19,21,23). The van der Waals surface area contributed by atoms with Gasteiger partial charge >= 0.3 is 0 Å². The number of thiazole rings is 1. The smallest absolute Gasteiger partial charge is 0.229 e. The SMILES string of the molecule is CC(=O)Nc1ncc2c(n1)CCN(Cc1cnc(NC(C)=O)s1)CC2. The normalized spacial score (nSPS) is 14.5. The van der Waals surface area contributed by atoms with Gasteiger partial charge in [-0.2, -0.15) is 0 Å². The molecular formula is C16H20N6O2S. The van der Waals surface area contributed by atoms with Crippen LogP contribution in [0.15, 0.2) is 12.4 Å². The summed E-state index contributed by atoms with van der Waals surface area (Å²) in [7, 11) is 0. The zero-order valence-corrected chi connectivity index (χ0v) is 15.0. The van der Waals surface area contributed by atoms with E-state index in [0.29, 0.717) is 11.1 Å². The van der Waals surface area contributed by atoms with Gasteiger partial charge in [0.25, 0.3) is 0 Å². The molecule has 3 heterocycles. The lowest BCUT2D eigenvalue weighted by Gasteiger charge is -2.18.